The number of ether oxygens (including phenoxy) is 1. The van der Waals surface area contributed by atoms with E-state index in [1.807, 2.05) is 0 Å². The smallest absolute Gasteiger partial charge is 0.125 e. The van der Waals surface area contributed by atoms with E-state index in [1.165, 1.54) is 7.11 Å². The molecule has 0 aliphatic carbocycles. The number of hydrogen-bond donors (Lipinski definition) is 2. The van der Waals surface area contributed by atoms with E-state index in [4.69, 9.17) is 10.3 Å². The van der Waals surface area contributed by atoms with E-state index in [-0.39, 0.29) is 6.54 Å². The Bertz CT molecular complexity index is 435. The zero-order chi connectivity index (χ0) is 12.8. The van der Waals surface area contributed by atoms with Crippen LogP contribution in [0.5, 0.6) is 5.75 Å². The zero-order valence-corrected chi connectivity index (χ0v) is 10.7. The molecule has 0 bridgehead atoms. The Hall–Kier alpha value is -1.27. The van der Waals surface area contributed by atoms with Gasteiger partial charge in [0.1, 0.15) is 11.9 Å². The molecule has 0 radical (unpaired) electrons. The first kappa shape index (κ1) is 13.8. The van der Waals surface area contributed by atoms with Crippen molar-refractivity contribution in [1.82, 2.24) is 0 Å². The van der Waals surface area contributed by atoms with Crippen LogP contribution in [-0.2, 0) is 0 Å². The number of benzene rings is 1. The standard InChI is InChI=1S/C10H12BrN3O3/c1-17-9-4-6(11)2-3-7(9)10(16)8(15)5-13-14-12/h2-4,8,10,15-16H,5H2,1H3. The van der Waals surface area contributed by atoms with Crippen molar-refractivity contribution in [2.75, 3.05) is 13.7 Å². The molecule has 1 aromatic carbocycles. The highest BCUT2D eigenvalue weighted by molar-refractivity contribution is 9.10. The van der Waals surface area contributed by atoms with Gasteiger partial charge in [0.2, 0.25) is 0 Å². The Kier molecular flexibility index (Phi) is 5.24. The van der Waals surface area contributed by atoms with Crippen molar-refractivity contribution in [3.8, 4) is 5.75 Å². The van der Waals surface area contributed by atoms with Crippen LogP contribution in [-0.4, -0.2) is 30.0 Å². The summed E-state index contributed by atoms with van der Waals surface area (Å²) in [6, 6.07) is 5.03. The van der Waals surface area contributed by atoms with E-state index in [2.05, 4.69) is 26.0 Å². The fourth-order valence-electron chi connectivity index (χ4n) is 1.36. The molecule has 0 fully saturated rings. The van der Waals surface area contributed by atoms with Gasteiger partial charge in [0.25, 0.3) is 0 Å². The number of aliphatic hydroxyl groups excluding tert-OH is 2. The predicted octanol–water partition coefficient (Wildman–Crippen LogP) is 2.16. The van der Waals surface area contributed by atoms with Gasteiger partial charge >= 0.3 is 0 Å². The molecular weight excluding hydrogens is 290 g/mol. The average molecular weight is 302 g/mol. The molecule has 0 aliphatic heterocycles. The summed E-state index contributed by atoms with van der Waals surface area (Å²) in [5, 5.41) is 22.7. The molecular formula is C10H12BrN3O3. The minimum absolute atomic E-state index is 0.198. The Balaban J connectivity index is 2.94. The van der Waals surface area contributed by atoms with Crippen LogP contribution in [0.25, 0.3) is 10.4 Å². The highest BCUT2D eigenvalue weighted by atomic mass is 79.9. The minimum atomic E-state index is -1.17. The normalized spacial score (nSPS) is 13.6. The topological polar surface area (TPSA) is 98.5 Å². The maximum atomic E-state index is 9.89. The Morgan fingerprint density at radius 3 is 2.82 bits per heavy atom. The number of methoxy groups -OCH3 is 1. The van der Waals surface area contributed by atoms with Crippen molar-refractivity contribution in [1.29, 1.82) is 0 Å². The predicted molar refractivity (Wildman–Crippen MR) is 65.7 cm³/mol. The van der Waals surface area contributed by atoms with Gasteiger partial charge < -0.3 is 14.9 Å². The van der Waals surface area contributed by atoms with Crippen LogP contribution in [0, 0.1) is 0 Å². The van der Waals surface area contributed by atoms with Gasteiger partial charge in [0, 0.05) is 14.9 Å². The van der Waals surface area contributed by atoms with Gasteiger partial charge in [-0.1, -0.05) is 27.1 Å². The molecule has 17 heavy (non-hydrogen) atoms. The van der Waals surface area contributed by atoms with Crippen molar-refractivity contribution in [2.24, 2.45) is 5.11 Å². The molecule has 2 N–H and O–H groups in total. The van der Waals surface area contributed by atoms with Crippen LogP contribution in [0.1, 0.15) is 11.7 Å². The minimum Gasteiger partial charge on any atom is -0.496 e. The molecule has 1 rings (SSSR count). The van der Waals surface area contributed by atoms with Crippen molar-refractivity contribution < 1.29 is 14.9 Å². The largest absolute Gasteiger partial charge is 0.496 e. The number of aliphatic hydroxyl groups is 2. The number of halogens is 1. The summed E-state index contributed by atoms with van der Waals surface area (Å²) < 4.78 is 5.90. The molecule has 6 nitrogen and oxygen atoms in total. The third kappa shape index (κ3) is 3.61. The zero-order valence-electron chi connectivity index (χ0n) is 9.12. The van der Waals surface area contributed by atoms with E-state index in [0.717, 1.165) is 4.47 Å². The molecule has 0 saturated heterocycles. The molecule has 7 heteroatoms. The number of nitrogens with zero attached hydrogens (tertiary/aromatic N) is 3. The highest BCUT2D eigenvalue weighted by Crippen LogP contribution is 2.30. The lowest BCUT2D eigenvalue weighted by atomic mass is 10.0. The van der Waals surface area contributed by atoms with Crippen LogP contribution in [0.3, 0.4) is 0 Å². The monoisotopic (exact) mass is 301 g/mol. The first-order chi connectivity index (χ1) is 8.10. The highest BCUT2D eigenvalue weighted by Gasteiger charge is 2.21. The fourth-order valence-corrected chi connectivity index (χ4v) is 1.70. The molecule has 92 valence electrons. The summed E-state index contributed by atoms with van der Waals surface area (Å²) in [6.07, 6.45) is -2.33. The van der Waals surface area contributed by atoms with E-state index in [0.29, 0.717) is 11.3 Å². The van der Waals surface area contributed by atoms with Gasteiger partial charge in [-0.3, -0.25) is 0 Å². The summed E-state index contributed by atoms with van der Waals surface area (Å²) >= 11 is 3.27. The Morgan fingerprint density at radius 2 is 2.24 bits per heavy atom. The maximum Gasteiger partial charge on any atom is 0.125 e. The second-order valence-electron chi connectivity index (χ2n) is 3.31. The van der Waals surface area contributed by atoms with Gasteiger partial charge in [0.05, 0.1) is 19.8 Å². The van der Waals surface area contributed by atoms with Crippen LogP contribution in [0.15, 0.2) is 27.8 Å². The third-order valence-corrected chi connectivity index (χ3v) is 2.70. The molecule has 0 aromatic heterocycles. The van der Waals surface area contributed by atoms with Crippen molar-refractivity contribution in [3.63, 3.8) is 0 Å². The lowest BCUT2D eigenvalue weighted by molar-refractivity contribution is 0.0230. The second-order valence-corrected chi connectivity index (χ2v) is 4.23. The van der Waals surface area contributed by atoms with E-state index in [1.54, 1.807) is 18.2 Å². The Labute approximate surface area is 107 Å². The Morgan fingerprint density at radius 1 is 1.53 bits per heavy atom. The SMILES string of the molecule is COc1cc(Br)ccc1C(O)C(O)CN=[N+]=[N-]. The van der Waals surface area contributed by atoms with Gasteiger partial charge in [-0.2, -0.15) is 0 Å². The number of hydrogen-bond acceptors (Lipinski definition) is 4. The summed E-state index contributed by atoms with van der Waals surface area (Å²) in [5.74, 6) is 0.451. The summed E-state index contributed by atoms with van der Waals surface area (Å²) in [5.41, 5.74) is 8.58. The summed E-state index contributed by atoms with van der Waals surface area (Å²) in [6.45, 7) is -0.198. The first-order valence-electron chi connectivity index (χ1n) is 4.80. The summed E-state index contributed by atoms with van der Waals surface area (Å²) in [4.78, 5) is 2.52. The van der Waals surface area contributed by atoms with E-state index >= 15 is 0 Å². The number of rotatable bonds is 5. The maximum absolute atomic E-state index is 9.89. The van der Waals surface area contributed by atoms with Gasteiger partial charge in [-0.05, 0) is 17.7 Å². The first-order valence-corrected chi connectivity index (χ1v) is 5.60. The second kappa shape index (κ2) is 6.46. The van der Waals surface area contributed by atoms with Crippen molar-refractivity contribution in [3.05, 3.63) is 38.7 Å². The van der Waals surface area contributed by atoms with Crippen LogP contribution < -0.4 is 4.74 Å². The molecule has 0 amide bonds. The van der Waals surface area contributed by atoms with Crippen LogP contribution in [0.2, 0.25) is 0 Å². The van der Waals surface area contributed by atoms with Gasteiger partial charge in [-0.15, -0.1) is 0 Å². The van der Waals surface area contributed by atoms with Crippen LogP contribution >= 0.6 is 15.9 Å². The van der Waals surface area contributed by atoms with Crippen molar-refractivity contribution in [2.45, 2.75) is 12.2 Å². The molecule has 0 spiro atoms. The molecule has 0 heterocycles. The molecule has 2 atom stereocenters. The number of azide groups is 1. The quantitative estimate of drug-likeness (QED) is 0.495. The third-order valence-electron chi connectivity index (χ3n) is 2.21. The lowest BCUT2D eigenvalue weighted by Gasteiger charge is -2.18. The van der Waals surface area contributed by atoms with E-state index < -0.39 is 12.2 Å². The lowest BCUT2D eigenvalue weighted by Crippen LogP contribution is -2.21. The van der Waals surface area contributed by atoms with Gasteiger partial charge in [0.15, 0.2) is 0 Å². The fraction of sp³-hybridized carbons (Fsp3) is 0.400. The van der Waals surface area contributed by atoms with Crippen LogP contribution in [0.4, 0.5) is 0 Å². The molecule has 1 aromatic rings. The van der Waals surface area contributed by atoms with E-state index in [9.17, 15) is 10.2 Å². The molecule has 0 saturated carbocycles. The van der Waals surface area contributed by atoms with Crippen molar-refractivity contribution >= 4 is 15.9 Å². The average Bonchev–Trinajstić information content (AvgIpc) is 2.34. The van der Waals surface area contributed by atoms with Gasteiger partial charge in [-0.25, -0.2) is 0 Å². The molecule has 0 aliphatic rings. The molecule has 2 unspecified atom stereocenters. The summed E-state index contributed by atoms with van der Waals surface area (Å²) in [7, 11) is 1.47.